The molecule has 0 bridgehead atoms. The molecule has 1 rings (SSSR count). The van der Waals surface area contributed by atoms with Gasteiger partial charge < -0.3 is 21.7 Å². The van der Waals surface area contributed by atoms with Crippen molar-refractivity contribution >= 4 is 17.8 Å². The Morgan fingerprint density at radius 1 is 1.29 bits per heavy atom. The Morgan fingerprint density at radius 3 is 2.59 bits per heavy atom. The maximum Gasteiger partial charge on any atom is 0.312 e. The lowest BCUT2D eigenvalue weighted by Crippen LogP contribution is -2.33. The average molecular weight is 238 g/mol. The third-order valence-corrected chi connectivity index (χ3v) is 1.85. The number of anilines is 1. The minimum atomic E-state index is -0.576. The summed E-state index contributed by atoms with van der Waals surface area (Å²) in [6, 6.07) is 2.60. The Kier molecular flexibility index (Phi) is 4.67. The second kappa shape index (κ2) is 6.26. The number of nitrogens with two attached hydrogens (primary N) is 1. The molecule has 3 amide bonds. The van der Waals surface area contributed by atoms with Crippen molar-refractivity contribution in [3.05, 3.63) is 17.8 Å². The van der Waals surface area contributed by atoms with Crippen molar-refractivity contribution in [2.45, 2.75) is 0 Å². The first-order chi connectivity index (χ1) is 8.13. The maximum atomic E-state index is 11.2. The number of urea groups is 1. The summed E-state index contributed by atoms with van der Waals surface area (Å²) in [4.78, 5) is 21.5. The van der Waals surface area contributed by atoms with Gasteiger partial charge in [0, 0.05) is 20.1 Å². The Labute approximate surface area is 98.0 Å². The molecular formula is C9H14N6O2. The zero-order valence-electron chi connectivity index (χ0n) is 9.36. The van der Waals surface area contributed by atoms with Gasteiger partial charge in [-0.2, -0.15) is 0 Å². The van der Waals surface area contributed by atoms with E-state index < -0.39 is 6.03 Å². The summed E-state index contributed by atoms with van der Waals surface area (Å²) in [6.07, 6.45) is 0. The second-order valence-electron chi connectivity index (χ2n) is 3.10. The quantitative estimate of drug-likeness (QED) is 0.486. The van der Waals surface area contributed by atoms with Crippen molar-refractivity contribution < 1.29 is 9.59 Å². The van der Waals surface area contributed by atoms with Crippen LogP contribution in [0, 0.1) is 0 Å². The van der Waals surface area contributed by atoms with Gasteiger partial charge in [0.05, 0.1) is 0 Å². The lowest BCUT2D eigenvalue weighted by molar-refractivity contribution is 0.0957. The van der Waals surface area contributed by atoms with E-state index in [1.807, 2.05) is 0 Å². The molecule has 1 aromatic heterocycles. The SMILES string of the molecule is CNC(=O)c1ccc(NCCNC(N)=O)nn1. The molecule has 1 heterocycles. The number of hydrogen-bond donors (Lipinski definition) is 4. The zero-order valence-corrected chi connectivity index (χ0v) is 9.36. The molecule has 0 spiro atoms. The molecule has 1 aromatic rings. The molecule has 0 radical (unpaired) electrons. The molecule has 5 N–H and O–H groups in total. The molecule has 0 fully saturated rings. The average Bonchev–Trinajstić information content (AvgIpc) is 2.34. The Balaban J connectivity index is 2.40. The van der Waals surface area contributed by atoms with Gasteiger partial charge in [0.25, 0.3) is 5.91 Å². The van der Waals surface area contributed by atoms with E-state index in [1.54, 1.807) is 12.1 Å². The van der Waals surface area contributed by atoms with Crippen LogP contribution in [-0.2, 0) is 0 Å². The molecule has 0 aromatic carbocycles. The third kappa shape index (κ3) is 4.33. The van der Waals surface area contributed by atoms with Crippen molar-refractivity contribution in [3.8, 4) is 0 Å². The highest BCUT2D eigenvalue weighted by molar-refractivity contribution is 5.91. The van der Waals surface area contributed by atoms with Crippen LogP contribution >= 0.6 is 0 Å². The fraction of sp³-hybridized carbons (Fsp3) is 0.333. The number of nitrogens with zero attached hydrogens (tertiary/aromatic N) is 2. The fourth-order valence-electron chi connectivity index (χ4n) is 1.05. The molecule has 0 saturated carbocycles. The molecule has 8 nitrogen and oxygen atoms in total. The smallest absolute Gasteiger partial charge is 0.312 e. The highest BCUT2D eigenvalue weighted by Gasteiger charge is 2.04. The first-order valence-electron chi connectivity index (χ1n) is 4.96. The van der Waals surface area contributed by atoms with Crippen LogP contribution in [0.5, 0.6) is 0 Å². The topological polar surface area (TPSA) is 122 Å². The minimum absolute atomic E-state index is 0.244. The van der Waals surface area contributed by atoms with Crippen molar-refractivity contribution in [2.75, 3.05) is 25.5 Å². The van der Waals surface area contributed by atoms with Crippen LogP contribution in [0.4, 0.5) is 10.6 Å². The van der Waals surface area contributed by atoms with E-state index in [2.05, 4.69) is 26.1 Å². The van der Waals surface area contributed by atoms with Crippen LogP contribution in [-0.4, -0.2) is 42.3 Å². The van der Waals surface area contributed by atoms with Crippen LogP contribution in [0.3, 0.4) is 0 Å². The first kappa shape index (κ1) is 12.7. The van der Waals surface area contributed by atoms with Crippen molar-refractivity contribution in [2.24, 2.45) is 5.73 Å². The van der Waals surface area contributed by atoms with E-state index in [4.69, 9.17) is 5.73 Å². The van der Waals surface area contributed by atoms with E-state index in [9.17, 15) is 9.59 Å². The molecule has 17 heavy (non-hydrogen) atoms. The lowest BCUT2D eigenvalue weighted by atomic mass is 10.3. The molecule has 0 atom stereocenters. The summed E-state index contributed by atoms with van der Waals surface area (Å²) in [6.45, 7) is 0.852. The monoisotopic (exact) mass is 238 g/mol. The van der Waals surface area contributed by atoms with E-state index in [-0.39, 0.29) is 11.6 Å². The number of primary amides is 1. The Bertz CT molecular complexity index is 391. The summed E-state index contributed by atoms with van der Waals surface area (Å²) in [5, 5.41) is 15.3. The van der Waals surface area contributed by atoms with Crippen molar-refractivity contribution in [3.63, 3.8) is 0 Å². The highest BCUT2D eigenvalue weighted by atomic mass is 16.2. The number of carbonyl (C=O) groups is 2. The van der Waals surface area contributed by atoms with Crippen LogP contribution in [0.25, 0.3) is 0 Å². The van der Waals surface area contributed by atoms with Crippen LogP contribution in [0.15, 0.2) is 12.1 Å². The molecule has 8 heteroatoms. The van der Waals surface area contributed by atoms with E-state index in [1.165, 1.54) is 7.05 Å². The Hall–Kier alpha value is -2.38. The van der Waals surface area contributed by atoms with Crippen LogP contribution < -0.4 is 21.7 Å². The van der Waals surface area contributed by atoms with Gasteiger partial charge in [-0.3, -0.25) is 4.79 Å². The molecule has 92 valence electrons. The van der Waals surface area contributed by atoms with Crippen molar-refractivity contribution in [1.82, 2.24) is 20.8 Å². The summed E-state index contributed by atoms with van der Waals surface area (Å²) >= 11 is 0. The molecule has 0 aliphatic carbocycles. The minimum Gasteiger partial charge on any atom is -0.367 e. The first-order valence-corrected chi connectivity index (χ1v) is 4.96. The van der Waals surface area contributed by atoms with Gasteiger partial charge in [0.1, 0.15) is 5.82 Å². The molecule has 0 aliphatic heterocycles. The van der Waals surface area contributed by atoms with E-state index >= 15 is 0 Å². The number of rotatable bonds is 5. The lowest BCUT2D eigenvalue weighted by Gasteiger charge is -2.05. The third-order valence-electron chi connectivity index (χ3n) is 1.85. The number of hydrogen-bond acceptors (Lipinski definition) is 5. The van der Waals surface area contributed by atoms with Gasteiger partial charge >= 0.3 is 6.03 Å². The summed E-state index contributed by atoms with van der Waals surface area (Å²) in [7, 11) is 1.52. The molecule has 0 unspecified atom stereocenters. The number of nitrogens with one attached hydrogen (secondary N) is 3. The number of amides is 3. The normalized spacial score (nSPS) is 9.47. The van der Waals surface area contributed by atoms with E-state index in [0.717, 1.165) is 0 Å². The van der Waals surface area contributed by atoms with Crippen LogP contribution in [0.2, 0.25) is 0 Å². The molecular weight excluding hydrogens is 224 g/mol. The summed E-state index contributed by atoms with van der Waals surface area (Å²) in [5.74, 6) is 0.225. The van der Waals surface area contributed by atoms with Gasteiger partial charge in [0.2, 0.25) is 0 Å². The van der Waals surface area contributed by atoms with E-state index in [0.29, 0.717) is 18.9 Å². The summed E-state index contributed by atoms with van der Waals surface area (Å²) in [5.41, 5.74) is 5.13. The van der Waals surface area contributed by atoms with Crippen LogP contribution in [0.1, 0.15) is 10.5 Å². The Morgan fingerprint density at radius 2 is 2.06 bits per heavy atom. The van der Waals surface area contributed by atoms with Crippen molar-refractivity contribution in [1.29, 1.82) is 0 Å². The fourth-order valence-corrected chi connectivity index (χ4v) is 1.05. The largest absolute Gasteiger partial charge is 0.367 e. The maximum absolute atomic E-state index is 11.2. The predicted molar refractivity (Wildman–Crippen MR) is 61.5 cm³/mol. The highest BCUT2D eigenvalue weighted by Crippen LogP contribution is 2.00. The predicted octanol–water partition coefficient (Wildman–Crippen LogP) is -1.08. The standard InChI is InChI=1S/C9H14N6O2/c1-11-8(16)6-2-3-7(15-14-6)12-4-5-13-9(10)17/h2-3H,4-5H2,1H3,(H,11,16)(H,12,15)(H3,10,13,17). The second-order valence-corrected chi connectivity index (χ2v) is 3.10. The van der Waals surface area contributed by atoms with Gasteiger partial charge in [-0.1, -0.05) is 0 Å². The number of aromatic nitrogens is 2. The van der Waals surface area contributed by atoms with Gasteiger partial charge in [-0.05, 0) is 12.1 Å². The summed E-state index contributed by atoms with van der Waals surface area (Å²) < 4.78 is 0. The zero-order chi connectivity index (χ0) is 12.7. The number of carbonyl (C=O) groups excluding carboxylic acids is 2. The molecule has 0 saturated heterocycles. The molecule has 0 aliphatic rings. The van der Waals surface area contributed by atoms with Gasteiger partial charge in [0.15, 0.2) is 5.69 Å². The van der Waals surface area contributed by atoms with Gasteiger partial charge in [-0.15, -0.1) is 10.2 Å². The van der Waals surface area contributed by atoms with Gasteiger partial charge in [-0.25, -0.2) is 4.79 Å².